The summed E-state index contributed by atoms with van der Waals surface area (Å²) < 4.78 is 7.02. The molecule has 0 saturated carbocycles. The van der Waals surface area contributed by atoms with Crippen molar-refractivity contribution in [3.05, 3.63) is 258 Å². The molecule has 2 heteroatoms. The highest BCUT2D eigenvalue weighted by atomic mass is 16.3. The van der Waals surface area contributed by atoms with E-state index in [0.717, 1.165) is 55.5 Å². The lowest BCUT2D eigenvalue weighted by Crippen LogP contribution is -2.28. The Labute approximate surface area is 373 Å². The van der Waals surface area contributed by atoms with Crippen LogP contribution in [0.3, 0.4) is 0 Å². The van der Waals surface area contributed by atoms with Crippen molar-refractivity contribution in [2.24, 2.45) is 0 Å². The van der Waals surface area contributed by atoms with Gasteiger partial charge in [-0.25, -0.2) is 0 Å². The molecule has 0 bridgehead atoms. The van der Waals surface area contributed by atoms with Gasteiger partial charge < -0.3 is 9.32 Å². The second kappa shape index (κ2) is 13.8. The van der Waals surface area contributed by atoms with E-state index >= 15 is 0 Å². The average Bonchev–Trinajstić information content (AvgIpc) is 3.96. The first kappa shape index (κ1) is 36.7. The first-order valence-electron chi connectivity index (χ1n) is 22.3. The number of rotatable bonds is 6. The van der Waals surface area contributed by atoms with Crippen molar-refractivity contribution in [2.45, 2.75) is 24.7 Å². The molecule has 2 aliphatic rings. The number of nitrogens with zero attached hydrogens (tertiary/aromatic N) is 1. The zero-order valence-corrected chi connectivity index (χ0v) is 35.7. The van der Waals surface area contributed by atoms with E-state index in [4.69, 9.17) is 4.42 Å². The number of hydrogen-bond donors (Lipinski definition) is 0. The summed E-state index contributed by atoms with van der Waals surface area (Å²) in [6.45, 7) is 4.74. The molecule has 64 heavy (non-hydrogen) atoms. The van der Waals surface area contributed by atoms with Gasteiger partial charge in [-0.2, -0.15) is 0 Å². The molecule has 0 aliphatic heterocycles. The maximum Gasteiger partial charge on any atom is 0.143 e. The summed E-state index contributed by atoms with van der Waals surface area (Å²) >= 11 is 0. The molecule has 1 heterocycles. The van der Waals surface area contributed by atoms with Gasteiger partial charge in [0.15, 0.2) is 0 Å². The topological polar surface area (TPSA) is 16.4 Å². The highest BCUT2D eigenvalue weighted by Crippen LogP contribution is 2.58. The number of fused-ring (bicyclic) bond motifs is 11. The van der Waals surface area contributed by atoms with E-state index in [0.29, 0.717) is 0 Å². The Morgan fingerprint density at radius 1 is 0.344 bits per heavy atom. The molecule has 302 valence electrons. The van der Waals surface area contributed by atoms with Crippen LogP contribution in [0.25, 0.3) is 66.1 Å². The van der Waals surface area contributed by atoms with Gasteiger partial charge in [-0.3, -0.25) is 0 Å². The second-order valence-corrected chi connectivity index (χ2v) is 18.0. The van der Waals surface area contributed by atoms with Gasteiger partial charge in [-0.15, -0.1) is 0 Å². The van der Waals surface area contributed by atoms with E-state index in [-0.39, 0.29) is 5.41 Å². The molecule has 2 nitrogen and oxygen atoms in total. The first-order chi connectivity index (χ1) is 31.5. The lowest BCUT2D eigenvalue weighted by molar-refractivity contribution is 0.660. The Balaban J connectivity index is 1.12. The van der Waals surface area contributed by atoms with Crippen LogP contribution in [0.15, 0.2) is 229 Å². The summed E-state index contributed by atoms with van der Waals surface area (Å²) in [5, 5.41) is 4.48. The Hall–Kier alpha value is -7.94. The Morgan fingerprint density at radius 2 is 0.891 bits per heavy atom. The van der Waals surface area contributed by atoms with Gasteiger partial charge in [0, 0.05) is 44.2 Å². The van der Waals surface area contributed by atoms with Crippen LogP contribution in [0.4, 0.5) is 17.1 Å². The summed E-state index contributed by atoms with van der Waals surface area (Å²) in [5.41, 5.74) is 19.4. The highest BCUT2D eigenvalue weighted by molar-refractivity contribution is 6.18. The molecule has 0 fully saturated rings. The largest absolute Gasteiger partial charge is 0.455 e. The molecular formula is C62H43NO. The third-order valence-electron chi connectivity index (χ3n) is 14.3. The quantitative estimate of drug-likeness (QED) is 0.166. The van der Waals surface area contributed by atoms with Gasteiger partial charge >= 0.3 is 0 Å². The SMILES string of the molecule is CC1(C)c2ccccc2-c2ccc(N(c3ccc4c(c3)C(c3ccccc3)(c3ccccc3)c3ccccc3-4)c3cc(-c4ccccc4)c4oc5c6ccccc6ccc5c4c3)cc21. The van der Waals surface area contributed by atoms with Crippen molar-refractivity contribution >= 4 is 49.8 Å². The van der Waals surface area contributed by atoms with Gasteiger partial charge in [-0.05, 0) is 109 Å². The van der Waals surface area contributed by atoms with E-state index in [9.17, 15) is 0 Å². The molecule has 1 aromatic heterocycles. The molecule has 11 aromatic rings. The van der Waals surface area contributed by atoms with Crippen molar-refractivity contribution in [2.75, 3.05) is 4.90 Å². The molecular weight excluding hydrogens is 775 g/mol. The van der Waals surface area contributed by atoms with Crippen LogP contribution in [0, 0.1) is 0 Å². The van der Waals surface area contributed by atoms with Crippen LogP contribution < -0.4 is 4.90 Å². The maximum absolute atomic E-state index is 7.02. The van der Waals surface area contributed by atoms with E-state index in [1.54, 1.807) is 0 Å². The number of anilines is 3. The molecule has 10 aromatic carbocycles. The number of benzene rings is 10. The van der Waals surface area contributed by atoms with Crippen LogP contribution in [-0.2, 0) is 10.8 Å². The number of furan rings is 1. The average molecular weight is 818 g/mol. The molecule has 0 N–H and O–H groups in total. The standard InChI is InChI=1S/C62H43NO/c1-61(2)55-28-16-14-26-48(55)50-34-31-44(38-57(50)61)63(46-36-53(40-18-6-3-7-19-40)60-54(37-46)52-33-30-41-20-12-13-25-47(41)59(52)64-60)45-32-35-51-49-27-15-17-29-56(49)62(58(51)39-45,42-21-8-4-9-22-42)43-23-10-5-11-24-43/h3-39H,1-2H3. The van der Waals surface area contributed by atoms with Gasteiger partial charge in [0.05, 0.1) is 5.41 Å². The molecule has 0 spiro atoms. The van der Waals surface area contributed by atoms with Crippen molar-refractivity contribution in [1.82, 2.24) is 0 Å². The summed E-state index contributed by atoms with van der Waals surface area (Å²) in [6, 6.07) is 82.8. The molecule has 0 unspecified atom stereocenters. The molecule has 0 amide bonds. The second-order valence-electron chi connectivity index (χ2n) is 18.0. The lowest BCUT2D eigenvalue weighted by Gasteiger charge is -2.35. The fourth-order valence-electron chi connectivity index (χ4n) is 11.4. The van der Waals surface area contributed by atoms with Crippen molar-refractivity contribution < 1.29 is 4.42 Å². The fourth-order valence-corrected chi connectivity index (χ4v) is 11.4. The molecule has 0 atom stereocenters. The summed E-state index contributed by atoms with van der Waals surface area (Å²) in [6.07, 6.45) is 0. The summed E-state index contributed by atoms with van der Waals surface area (Å²) in [4.78, 5) is 2.50. The Morgan fingerprint density at radius 3 is 1.59 bits per heavy atom. The van der Waals surface area contributed by atoms with Gasteiger partial charge in [0.25, 0.3) is 0 Å². The highest BCUT2D eigenvalue weighted by Gasteiger charge is 2.46. The minimum Gasteiger partial charge on any atom is -0.455 e. The predicted molar refractivity (Wildman–Crippen MR) is 266 cm³/mol. The molecule has 13 rings (SSSR count). The third kappa shape index (κ3) is 5.14. The monoisotopic (exact) mass is 817 g/mol. The maximum atomic E-state index is 7.02. The van der Waals surface area contributed by atoms with Crippen molar-refractivity contribution in [3.63, 3.8) is 0 Å². The van der Waals surface area contributed by atoms with Crippen molar-refractivity contribution in [3.8, 4) is 33.4 Å². The van der Waals surface area contributed by atoms with Crippen LogP contribution in [0.2, 0.25) is 0 Å². The van der Waals surface area contributed by atoms with Crippen LogP contribution in [0.1, 0.15) is 47.2 Å². The first-order valence-corrected chi connectivity index (χ1v) is 22.3. The smallest absolute Gasteiger partial charge is 0.143 e. The molecule has 0 saturated heterocycles. The van der Waals surface area contributed by atoms with Crippen molar-refractivity contribution in [1.29, 1.82) is 0 Å². The van der Waals surface area contributed by atoms with Crippen LogP contribution >= 0.6 is 0 Å². The predicted octanol–water partition coefficient (Wildman–Crippen LogP) is 16.5. The van der Waals surface area contributed by atoms with E-state index in [1.807, 2.05) is 0 Å². The Kier molecular flexibility index (Phi) is 7.90. The van der Waals surface area contributed by atoms with Gasteiger partial charge in [0.2, 0.25) is 0 Å². The van der Waals surface area contributed by atoms with E-state index in [2.05, 4.69) is 243 Å². The van der Waals surface area contributed by atoms with Crippen LogP contribution in [-0.4, -0.2) is 0 Å². The minimum absolute atomic E-state index is 0.177. The zero-order valence-electron chi connectivity index (χ0n) is 35.7. The van der Waals surface area contributed by atoms with E-state index < -0.39 is 5.41 Å². The fraction of sp³-hybridized carbons (Fsp3) is 0.0645. The third-order valence-corrected chi connectivity index (χ3v) is 14.3. The summed E-state index contributed by atoms with van der Waals surface area (Å²) in [5.74, 6) is 0. The molecule has 2 aliphatic carbocycles. The minimum atomic E-state index is -0.543. The van der Waals surface area contributed by atoms with Crippen LogP contribution in [0.5, 0.6) is 0 Å². The number of hydrogen-bond acceptors (Lipinski definition) is 2. The normalized spacial score (nSPS) is 14.0. The van der Waals surface area contributed by atoms with Gasteiger partial charge in [-0.1, -0.05) is 196 Å². The summed E-state index contributed by atoms with van der Waals surface area (Å²) in [7, 11) is 0. The molecule has 0 radical (unpaired) electrons. The van der Waals surface area contributed by atoms with Gasteiger partial charge in [0.1, 0.15) is 11.2 Å². The Bertz CT molecular complexity index is 3600. The van der Waals surface area contributed by atoms with E-state index in [1.165, 1.54) is 61.0 Å². The lowest BCUT2D eigenvalue weighted by atomic mass is 9.67. The zero-order chi connectivity index (χ0) is 42.6.